The summed E-state index contributed by atoms with van der Waals surface area (Å²) in [6, 6.07) is 3.92. The largest absolute Gasteiger partial charge is 0.324 e. The van der Waals surface area contributed by atoms with Gasteiger partial charge in [-0.25, -0.2) is 0 Å². The van der Waals surface area contributed by atoms with Gasteiger partial charge in [0, 0.05) is 10.2 Å². The maximum absolute atomic E-state index is 12.0. The molecule has 2 N–H and O–H groups in total. The smallest absolute Gasteiger partial charge is 0.244 e. The van der Waals surface area contributed by atoms with Crippen LogP contribution in [0.4, 0.5) is 5.69 Å². The van der Waals surface area contributed by atoms with Crippen LogP contribution in [-0.2, 0) is 4.79 Å². The third kappa shape index (κ3) is 3.30. The van der Waals surface area contributed by atoms with E-state index in [9.17, 15) is 4.79 Å². The molecule has 0 aliphatic rings. The summed E-state index contributed by atoms with van der Waals surface area (Å²) in [6.07, 6.45) is 0. The molecule has 1 aromatic carbocycles. The highest BCUT2D eigenvalue weighted by Gasteiger charge is 2.25. The topological polar surface area (TPSA) is 41.1 Å². The van der Waals surface area contributed by atoms with Crippen molar-refractivity contribution in [3.63, 3.8) is 0 Å². The first-order valence-electron chi connectivity index (χ1n) is 5.55. The lowest BCUT2D eigenvalue weighted by molar-refractivity contribution is -0.121. The molecule has 0 saturated carbocycles. The van der Waals surface area contributed by atoms with Crippen molar-refractivity contribution >= 4 is 27.5 Å². The molecule has 0 atom stereocenters. The van der Waals surface area contributed by atoms with Gasteiger partial charge >= 0.3 is 0 Å². The van der Waals surface area contributed by atoms with Gasteiger partial charge in [-0.1, -0.05) is 15.9 Å². The Kier molecular flexibility index (Phi) is 4.33. The molecule has 0 bridgehead atoms. The summed E-state index contributed by atoms with van der Waals surface area (Å²) >= 11 is 3.51. The normalized spacial score (nSPS) is 11.4. The average molecular weight is 299 g/mol. The molecule has 0 saturated heterocycles. The number of nitrogens with one attached hydrogen (secondary N) is 2. The van der Waals surface area contributed by atoms with Crippen LogP contribution in [0, 0.1) is 13.8 Å². The van der Waals surface area contributed by atoms with Gasteiger partial charge in [-0.2, -0.15) is 0 Å². The molecular weight excluding hydrogens is 280 g/mol. The minimum atomic E-state index is -0.575. The van der Waals surface area contributed by atoms with Gasteiger partial charge in [0.1, 0.15) is 0 Å². The van der Waals surface area contributed by atoms with Crippen molar-refractivity contribution in [2.45, 2.75) is 33.2 Å². The molecule has 4 heteroatoms. The minimum Gasteiger partial charge on any atom is -0.324 e. The number of carbonyl (C=O) groups is 1. The van der Waals surface area contributed by atoms with E-state index >= 15 is 0 Å². The van der Waals surface area contributed by atoms with Gasteiger partial charge < -0.3 is 10.6 Å². The van der Waals surface area contributed by atoms with Crippen LogP contribution in [0.15, 0.2) is 16.6 Å². The van der Waals surface area contributed by atoms with E-state index in [4.69, 9.17) is 0 Å². The molecule has 0 fully saturated rings. The van der Waals surface area contributed by atoms with Crippen LogP contribution in [-0.4, -0.2) is 18.5 Å². The van der Waals surface area contributed by atoms with E-state index in [-0.39, 0.29) is 5.91 Å². The van der Waals surface area contributed by atoms with Crippen LogP contribution in [0.25, 0.3) is 0 Å². The van der Waals surface area contributed by atoms with E-state index in [2.05, 4.69) is 26.6 Å². The molecule has 17 heavy (non-hydrogen) atoms. The Balaban J connectivity index is 2.94. The van der Waals surface area contributed by atoms with E-state index in [1.165, 1.54) is 0 Å². The van der Waals surface area contributed by atoms with Crippen LogP contribution in [0.1, 0.15) is 25.0 Å². The molecule has 0 spiro atoms. The Morgan fingerprint density at radius 1 is 1.24 bits per heavy atom. The van der Waals surface area contributed by atoms with Gasteiger partial charge in [0.05, 0.1) is 5.54 Å². The van der Waals surface area contributed by atoms with Crippen LogP contribution < -0.4 is 10.6 Å². The van der Waals surface area contributed by atoms with E-state index in [1.807, 2.05) is 39.8 Å². The third-order valence-corrected chi connectivity index (χ3v) is 4.14. The Morgan fingerprint density at radius 2 is 1.71 bits per heavy atom. The summed E-state index contributed by atoms with van der Waals surface area (Å²) in [5, 5.41) is 5.90. The third-order valence-electron chi connectivity index (χ3n) is 2.89. The first-order valence-corrected chi connectivity index (χ1v) is 6.34. The fourth-order valence-electron chi connectivity index (χ4n) is 1.42. The number of halogens is 1. The molecule has 3 nitrogen and oxygen atoms in total. The Labute approximate surface area is 111 Å². The monoisotopic (exact) mass is 298 g/mol. The Hall–Kier alpha value is -0.870. The van der Waals surface area contributed by atoms with E-state index in [0.717, 1.165) is 21.3 Å². The van der Waals surface area contributed by atoms with Crippen LogP contribution in [0.3, 0.4) is 0 Å². The van der Waals surface area contributed by atoms with Gasteiger partial charge in [-0.15, -0.1) is 0 Å². The SMILES string of the molecule is CNC(C)(C)C(=O)Nc1cc(C)c(Br)c(C)c1. The Bertz CT molecular complexity index is 418. The number of hydrogen-bond acceptors (Lipinski definition) is 2. The van der Waals surface area contributed by atoms with Crippen molar-refractivity contribution in [2.75, 3.05) is 12.4 Å². The van der Waals surface area contributed by atoms with Gasteiger partial charge in [0.2, 0.25) is 5.91 Å². The summed E-state index contributed by atoms with van der Waals surface area (Å²) in [6.45, 7) is 7.72. The van der Waals surface area contributed by atoms with Gasteiger partial charge in [0.25, 0.3) is 0 Å². The van der Waals surface area contributed by atoms with Crippen LogP contribution in [0.5, 0.6) is 0 Å². The van der Waals surface area contributed by atoms with Gasteiger partial charge in [0.15, 0.2) is 0 Å². The maximum atomic E-state index is 12.0. The van der Waals surface area contributed by atoms with Crippen molar-refractivity contribution in [2.24, 2.45) is 0 Å². The molecular formula is C13H19BrN2O. The van der Waals surface area contributed by atoms with E-state index < -0.39 is 5.54 Å². The molecule has 0 unspecified atom stereocenters. The fraction of sp³-hybridized carbons (Fsp3) is 0.462. The standard InChI is InChI=1S/C13H19BrN2O/c1-8-6-10(7-9(2)11(8)14)16-12(17)13(3,4)15-5/h6-7,15H,1-5H3,(H,16,17). The summed E-state index contributed by atoms with van der Waals surface area (Å²) in [7, 11) is 1.78. The number of aryl methyl sites for hydroxylation is 2. The number of rotatable bonds is 3. The molecule has 1 amide bonds. The zero-order chi connectivity index (χ0) is 13.2. The average Bonchev–Trinajstić information content (AvgIpc) is 2.25. The van der Waals surface area contributed by atoms with Crippen molar-refractivity contribution < 1.29 is 4.79 Å². The highest BCUT2D eigenvalue weighted by molar-refractivity contribution is 9.10. The first kappa shape index (κ1) is 14.2. The summed E-state index contributed by atoms with van der Waals surface area (Å²) in [5.41, 5.74) is 2.48. The number of benzene rings is 1. The number of amides is 1. The van der Waals surface area contributed by atoms with E-state index in [0.29, 0.717) is 0 Å². The predicted octanol–water partition coefficient (Wildman–Crippen LogP) is 3.00. The molecule has 0 aliphatic heterocycles. The second kappa shape index (κ2) is 5.19. The van der Waals surface area contributed by atoms with Gasteiger partial charge in [-0.3, -0.25) is 4.79 Å². The van der Waals surface area contributed by atoms with Gasteiger partial charge in [-0.05, 0) is 58.0 Å². The molecule has 1 rings (SSSR count). The maximum Gasteiger partial charge on any atom is 0.244 e. The van der Waals surface area contributed by atoms with Crippen molar-refractivity contribution in [1.82, 2.24) is 5.32 Å². The number of hydrogen-bond donors (Lipinski definition) is 2. The molecule has 0 radical (unpaired) electrons. The summed E-state index contributed by atoms with van der Waals surface area (Å²) in [4.78, 5) is 12.0. The van der Waals surface area contributed by atoms with Crippen molar-refractivity contribution in [1.29, 1.82) is 0 Å². The predicted molar refractivity (Wildman–Crippen MR) is 75.4 cm³/mol. The number of anilines is 1. The lowest BCUT2D eigenvalue weighted by Crippen LogP contribution is -2.47. The highest BCUT2D eigenvalue weighted by atomic mass is 79.9. The lowest BCUT2D eigenvalue weighted by Gasteiger charge is -2.23. The number of carbonyl (C=O) groups excluding carboxylic acids is 1. The second-order valence-corrected chi connectivity index (χ2v) is 5.55. The number of likely N-dealkylation sites (N-methyl/N-ethyl adjacent to an activating group) is 1. The first-order chi connectivity index (χ1) is 7.77. The summed E-state index contributed by atoms with van der Waals surface area (Å²) < 4.78 is 1.09. The lowest BCUT2D eigenvalue weighted by atomic mass is 10.0. The zero-order valence-corrected chi connectivity index (χ0v) is 12.5. The molecule has 1 aromatic rings. The minimum absolute atomic E-state index is 0.0406. The second-order valence-electron chi connectivity index (χ2n) is 4.75. The summed E-state index contributed by atoms with van der Waals surface area (Å²) in [5.74, 6) is -0.0406. The van der Waals surface area contributed by atoms with E-state index in [1.54, 1.807) is 7.05 Å². The van der Waals surface area contributed by atoms with Crippen LogP contribution >= 0.6 is 15.9 Å². The Morgan fingerprint density at radius 3 is 2.12 bits per heavy atom. The quantitative estimate of drug-likeness (QED) is 0.901. The van der Waals surface area contributed by atoms with Crippen molar-refractivity contribution in [3.05, 3.63) is 27.7 Å². The molecule has 0 aromatic heterocycles. The zero-order valence-electron chi connectivity index (χ0n) is 10.9. The van der Waals surface area contributed by atoms with Crippen molar-refractivity contribution in [3.8, 4) is 0 Å². The fourth-order valence-corrected chi connectivity index (χ4v) is 1.65. The van der Waals surface area contributed by atoms with Crippen LogP contribution in [0.2, 0.25) is 0 Å². The molecule has 0 heterocycles. The molecule has 94 valence electrons. The molecule has 0 aliphatic carbocycles. The highest BCUT2D eigenvalue weighted by Crippen LogP contribution is 2.25.